The molecule has 129 heavy (non-hydrogen) atoms. The Labute approximate surface area is 759 Å². The number of hydrogen-bond acceptors (Lipinski definition) is 31. The van der Waals surface area contributed by atoms with E-state index in [2.05, 4.69) is 38.8 Å². The van der Waals surface area contributed by atoms with Crippen molar-refractivity contribution in [2.75, 3.05) is 132 Å². The molecule has 750 valence electrons. The van der Waals surface area contributed by atoms with E-state index < -0.39 is 171 Å². The molecule has 18 atom stereocenters. The third-order valence-electron chi connectivity index (χ3n) is 23.0. The van der Waals surface area contributed by atoms with Gasteiger partial charge in [0.25, 0.3) is 0 Å². The van der Waals surface area contributed by atoms with Crippen LogP contribution in [0.1, 0.15) is 253 Å². The fourth-order valence-electron chi connectivity index (χ4n) is 15.6. The molecule has 3 aliphatic heterocycles. The van der Waals surface area contributed by atoms with Crippen LogP contribution in [0.3, 0.4) is 0 Å². The lowest BCUT2D eigenvalue weighted by atomic mass is 9.85. The quantitative estimate of drug-likeness (QED) is 0.0307. The van der Waals surface area contributed by atoms with Gasteiger partial charge in [0.15, 0.2) is 18.9 Å². The number of aliphatic hydroxyl groups excluding tert-OH is 9. The zero-order valence-corrected chi connectivity index (χ0v) is 78.4. The fraction of sp³-hybridized carbons (Fsp3) is 0.894. The summed E-state index contributed by atoms with van der Waals surface area (Å²) in [6.07, 6.45) is 5.87. The molecule has 0 spiro atoms. The number of phosphoric acid groups is 2. The molecular weight excluding hydrogens is 1740 g/mol. The van der Waals surface area contributed by atoms with Crippen molar-refractivity contribution < 1.29 is 159 Å². The molecule has 4 rings (SSSR count). The first-order chi connectivity index (χ1) is 61.8. The second kappa shape index (κ2) is 67.1. The monoisotopic (exact) mass is 1890 g/mol. The van der Waals surface area contributed by atoms with Gasteiger partial charge >= 0.3 is 15.6 Å². The molecule has 17 N–H and O–H groups in total. The van der Waals surface area contributed by atoms with Gasteiger partial charge in [-0.15, -0.1) is 0 Å². The van der Waals surface area contributed by atoms with E-state index in [1.54, 1.807) is 0 Å². The van der Waals surface area contributed by atoms with E-state index in [9.17, 15) is 108 Å². The highest BCUT2D eigenvalue weighted by molar-refractivity contribution is 7.47. The maximum atomic E-state index is 13.9. The summed E-state index contributed by atoms with van der Waals surface area (Å²) in [5.41, 5.74) is 0. The Hall–Kier alpha value is -5.19. The fourth-order valence-corrected chi connectivity index (χ4v) is 17.0. The van der Waals surface area contributed by atoms with Crippen molar-refractivity contribution in [2.45, 2.75) is 351 Å². The van der Waals surface area contributed by atoms with E-state index in [0.717, 1.165) is 31.6 Å². The first-order valence-electron chi connectivity index (χ1n) is 46.8. The number of nitrogens with zero attached hydrogens (tertiary/aromatic N) is 3. The first kappa shape index (κ1) is 116. The van der Waals surface area contributed by atoms with E-state index in [-0.39, 0.29) is 140 Å². The highest BCUT2D eigenvalue weighted by Crippen LogP contribution is 2.44. The van der Waals surface area contributed by atoms with Crippen LogP contribution >= 0.6 is 15.6 Å². The molecule has 3 heterocycles. The van der Waals surface area contributed by atoms with E-state index >= 15 is 0 Å². The van der Waals surface area contributed by atoms with Crippen molar-refractivity contribution in [3.05, 3.63) is 0 Å². The number of hydrogen-bond donors (Lipinski definition) is 17. The molecule has 0 bridgehead atoms. The third-order valence-corrected chi connectivity index (χ3v) is 25.0. The molecule has 0 aromatic carbocycles. The molecule has 4 fully saturated rings. The van der Waals surface area contributed by atoms with Gasteiger partial charge in [-0.25, -0.2) is 9.13 Å². The second-order valence-corrected chi connectivity index (χ2v) is 36.5. The van der Waals surface area contributed by atoms with Gasteiger partial charge in [0.2, 0.25) is 53.2 Å². The number of ether oxygens (including phenoxy) is 7. The van der Waals surface area contributed by atoms with Crippen molar-refractivity contribution in [1.29, 1.82) is 0 Å². The summed E-state index contributed by atoms with van der Waals surface area (Å²) in [5, 5.41) is 107. The van der Waals surface area contributed by atoms with Crippen molar-refractivity contribution in [2.24, 2.45) is 5.92 Å². The van der Waals surface area contributed by atoms with Gasteiger partial charge in [-0.05, 0) is 102 Å². The molecule has 0 aromatic rings. The number of phosphoric ester groups is 2. The highest BCUT2D eigenvalue weighted by atomic mass is 31.2. The van der Waals surface area contributed by atoms with Gasteiger partial charge in [0.05, 0.1) is 59.0 Å². The summed E-state index contributed by atoms with van der Waals surface area (Å²) in [7, 11) is -9.67. The zero-order valence-electron chi connectivity index (χ0n) is 76.6. The van der Waals surface area contributed by atoms with Crippen LogP contribution in [0.5, 0.6) is 0 Å². The summed E-state index contributed by atoms with van der Waals surface area (Å²) in [5.74, 6) is -2.15. The average Bonchev–Trinajstić information content (AvgIpc) is 0.815. The molecule has 1 aliphatic carbocycles. The Balaban J connectivity index is 1.26. The molecule has 42 nitrogen and oxygen atoms in total. The number of aliphatic hydroxyl groups is 9. The van der Waals surface area contributed by atoms with Crippen molar-refractivity contribution in [3.8, 4) is 0 Å². The third kappa shape index (κ3) is 48.7. The van der Waals surface area contributed by atoms with Crippen LogP contribution < -0.4 is 31.9 Å². The van der Waals surface area contributed by atoms with E-state index in [4.69, 9.17) is 51.3 Å². The van der Waals surface area contributed by atoms with Gasteiger partial charge in [-0.1, -0.05) is 97.3 Å². The number of amides is 9. The Morgan fingerprint density at radius 1 is 0.380 bits per heavy atom. The Morgan fingerprint density at radius 3 is 0.984 bits per heavy atom. The molecule has 3 saturated heterocycles. The highest BCUT2D eigenvalue weighted by Gasteiger charge is 2.48. The Morgan fingerprint density at radius 2 is 0.682 bits per heavy atom. The molecule has 18 unspecified atom stereocenters. The lowest BCUT2D eigenvalue weighted by molar-refractivity contribution is -0.270. The van der Waals surface area contributed by atoms with Gasteiger partial charge in [-0.3, -0.25) is 61.2 Å². The Bertz CT molecular complexity index is 3260. The number of unbranched alkanes of at least 4 members (excludes halogenated alkanes) is 12. The SMILES string of the molecule is CCCN(CCOP(=O)(O)OCCN(CCOP(=O)(O)OCCN(CCOC(CC)CCCC1CCCCC1)C(=O)CCCCCNC(=O)CCCCCOC1OC(CO)C(O)C(O)C1NC(C)=O)C(=O)CCCCCNC(=O)CCCCCOC1OC(CO)C(O)C(O)C1NC(C)=O)C(=O)CCCCCNC(=O)CCCCCOC1OC(CO)C(O)C(O)C1NC(C)=O. The number of rotatable bonds is 72. The molecule has 44 heteroatoms. The lowest BCUT2D eigenvalue weighted by Crippen LogP contribution is -2.64. The number of nitrogens with one attached hydrogen (secondary N) is 6. The molecule has 9 amide bonds. The average molecular weight is 1900 g/mol. The normalized spacial score (nSPS) is 24.3. The minimum Gasteiger partial charge on any atom is -0.394 e. The van der Waals surface area contributed by atoms with Gasteiger partial charge in [0, 0.05) is 138 Å². The maximum absolute atomic E-state index is 13.9. The summed E-state index contributed by atoms with van der Waals surface area (Å²) in [6, 6.07) is -3.19. The van der Waals surface area contributed by atoms with Crippen LogP contribution in [0.25, 0.3) is 0 Å². The number of carbonyl (C=O) groups excluding carboxylic acids is 9. The maximum Gasteiger partial charge on any atom is 0.472 e. The van der Waals surface area contributed by atoms with Gasteiger partial charge < -0.3 is 136 Å². The minimum atomic E-state index is -4.86. The zero-order chi connectivity index (χ0) is 94.9. The predicted octanol–water partition coefficient (Wildman–Crippen LogP) is 2.29. The second-order valence-electron chi connectivity index (χ2n) is 33.6. The molecule has 0 radical (unpaired) electrons. The smallest absolute Gasteiger partial charge is 0.394 e. The molecule has 0 aromatic heterocycles. The summed E-state index contributed by atoms with van der Waals surface area (Å²) in [4.78, 5) is 141. The van der Waals surface area contributed by atoms with Crippen molar-refractivity contribution >= 4 is 68.8 Å². The minimum absolute atomic E-state index is 0.0287. The van der Waals surface area contributed by atoms with Crippen LogP contribution in [-0.4, -0.2) is 353 Å². The van der Waals surface area contributed by atoms with Crippen LogP contribution in [-0.2, 0) is 104 Å². The van der Waals surface area contributed by atoms with Gasteiger partial charge in [0.1, 0.15) is 73.1 Å². The van der Waals surface area contributed by atoms with E-state index in [1.807, 2.05) is 6.92 Å². The number of carbonyl (C=O) groups is 9. The molecule has 4 aliphatic rings. The Kier molecular flexibility index (Phi) is 60.4. The van der Waals surface area contributed by atoms with Crippen molar-refractivity contribution in [3.63, 3.8) is 0 Å². The largest absolute Gasteiger partial charge is 0.472 e. The summed E-state index contributed by atoms with van der Waals surface area (Å²) < 4.78 is 88.6. The van der Waals surface area contributed by atoms with Crippen LogP contribution in [0.4, 0.5) is 0 Å². The van der Waals surface area contributed by atoms with Crippen molar-refractivity contribution in [1.82, 2.24) is 46.6 Å². The van der Waals surface area contributed by atoms with Crippen LogP contribution in [0.2, 0.25) is 0 Å². The van der Waals surface area contributed by atoms with E-state index in [0.29, 0.717) is 148 Å². The van der Waals surface area contributed by atoms with Crippen LogP contribution in [0.15, 0.2) is 0 Å². The predicted molar refractivity (Wildman–Crippen MR) is 468 cm³/mol. The summed E-state index contributed by atoms with van der Waals surface area (Å²) >= 11 is 0. The van der Waals surface area contributed by atoms with Gasteiger partial charge in [-0.2, -0.15) is 0 Å². The molecule has 1 saturated carbocycles. The summed E-state index contributed by atoms with van der Waals surface area (Å²) in [6.45, 7) is 5.47. The molecular formula is C85H157N9O33P2. The lowest BCUT2D eigenvalue weighted by Gasteiger charge is -2.42. The first-order valence-corrected chi connectivity index (χ1v) is 49.8. The topological polar surface area (TPSA) is 594 Å². The van der Waals surface area contributed by atoms with Crippen LogP contribution in [0, 0.1) is 5.92 Å². The van der Waals surface area contributed by atoms with E-state index in [1.165, 1.54) is 67.6 Å². The standard InChI is InChI=1S/C85H157N9O33P2/c1-6-43-92(71(104)37-20-9-23-40-86-68(101)34-17-12-26-49-118-83-74(89-60(3)98)80(110)77(107)65(57-95)125-83)45-53-121-128(113,114)123-55-47-94(73(106)39-22-11-25-42-88-70(103)36-19-14-28-51-120-85-76(91-62(5)100)82(112)79(109)67(59-97)127-85)48-56-124-129(115,116)122-54-46-93(44-52-117-64(7-2)33-29-32-63-30-15-8-16-31-63)72(105)38-21-10-24-41-87-69(102)35-18-13-27-50-119-84-75(90-61(4)99)81(111)78(108)66(58-96)126-84/h63-67,74-85,95-97,107-112H,6-59H2,1-5H3,(H,86,101)(H,87,102)(H,88,103)(H,89,98)(H,90,99)(H,91,100)(H,113,114)(H,115,116).